The molecule has 0 atom stereocenters. The van der Waals surface area contributed by atoms with Gasteiger partial charge in [0.15, 0.2) is 0 Å². The second kappa shape index (κ2) is 6.79. The summed E-state index contributed by atoms with van der Waals surface area (Å²) in [5.74, 6) is -1.65. The molecule has 0 saturated carbocycles. The maximum Gasteiger partial charge on any atom is 0.234 e. The van der Waals surface area contributed by atoms with Crippen LogP contribution in [-0.2, 0) is 4.79 Å². The summed E-state index contributed by atoms with van der Waals surface area (Å²) in [6.07, 6.45) is 0. The fourth-order valence-electron chi connectivity index (χ4n) is 2.24. The molecule has 0 saturated heterocycles. The summed E-state index contributed by atoms with van der Waals surface area (Å²) in [6.45, 7) is 0. The number of carbonyl (C=O) groups excluding carboxylic acids is 1. The lowest BCUT2D eigenvalue weighted by Crippen LogP contribution is -2.15. The van der Waals surface area contributed by atoms with Crippen LogP contribution in [-0.4, -0.2) is 11.7 Å². The third kappa shape index (κ3) is 3.68. The van der Waals surface area contributed by atoms with E-state index < -0.39 is 11.6 Å². The Bertz CT molecular complexity index is 861. The van der Waals surface area contributed by atoms with Gasteiger partial charge in [-0.25, -0.2) is 8.78 Å². The molecule has 1 amide bonds. The first-order chi connectivity index (χ1) is 11.1. The molecule has 0 aliphatic rings. The van der Waals surface area contributed by atoms with Gasteiger partial charge >= 0.3 is 0 Å². The van der Waals surface area contributed by atoms with Crippen molar-refractivity contribution in [2.24, 2.45) is 0 Å². The zero-order valence-corrected chi connectivity index (χ0v) is 12.9. The van der Waals surface area contributed by atoms with E-state index in [0.29, 0.717) is 0 Å². The van der Waals surface area contributed by atoms with E-state index in [1.807, 2.05) is 42.5 Å². The third-order valence-corrected chi connectivity index (χ3v) is 4.39. The highest BCUT2D eigenvalue weighted by molar-refractivity contribution is 8.00. The van der Waals surface area contributed by atoms with Crippen molar-refractivity contribution in [1.29, 1.82) is 0 Å². The highest BCUT2D eigenvalue weighted by Crippen LogP contribution is 2.27. The first-order valence-electron chi connectivity index (χ1n) is 6.99. The predicted molar refractivity (Wildman–Crippen MR) is 89.7 cm³/mol. The number of hydrogen-bond donors (Lipinski definition) is 1. The molecule has 0 aromatic heterocycles. The largest absolute Gasteiger partial charge is 0.323 e. The number of anilines is 1. The average molecular weight is 329 g/mol. The Kier molecular flexibility index (Phi) is 4.57. The highest BCUT2D eigenvalue weighted by atomic mass is 32.2. The molecule has 3 aromatic rings. The van der Waals surface area contributed by atoms with E-state index in [-0.39, 0.29) is 17.3 Å². The Hall–Kier alpha value is -2.40. The topological polar surface area (TPSA) is 29.1 Å². The van der Waals surface area contributed by atoms with Crippen LogP contribution in [0.4, 0.5) is 14.5 Å². The lowest BCUT2D eigenvalue weighted by molar-refractivity contribution is -0.113. The number of hydrogen-bond acceptors (Lipinski definition) is 2. The molecule has 3 aromatic carbocycles. The summed E-state index contributed by atoms with van der Waals surface area (Å²) >= 11 is 1.38. The summed E-state index contributed by atoms with van der Waals surface area (Å²) in [7, 11) is 0. The van der Waals surface area contributed by atoms with Gasteiger partial charge in [-0.05, 0) is 29.0 Å². The molecule has 2 nitrogen and oxygen atoms in total. The van der Waals surface area contributed by atoms with Crippen molar-refractivity contribution in [1.82, 2.24) is 0 Å². The first-order valence-corrected chi connectivity index (χ1v) is 7.97. The maximum atomic E-state index is 13.5. The van der Waals surface area contributed by atoms with Gasteiger partial charge in [0.25, 0.3) is 0 Å². The summed E-state index contributed by atoms with van der Waals surface area (Å²) in [5, 5.41) is 4.62. The molecule has 0 radical (unpaired) electrons. The zero-order chi connectivity index (χ0) is 16.2. The van der Waals surface area contributed by atoms with Gasteiger partial charge in [-0.2, -0.15) is 0 Å². The molecule has 0 fully saturated rings. The fraction of sp³-hybridized carbons (Fsp3) is 0.0556. The number of halogens is 2. The standard InChI is InChI=1S/C18H13F2NOS/c19-13-8-9-16(15(20)10-13)21-18(22)11-23-17-7-3-5-12-4-1-2-6-14(12)17/h1-10H,11H2,(H,21,22). The van der Waals surface area contributed by atoms with Crippen LogP contribution < -0.4 is 5.32 Å². The number of fused-ring (bicyclic) bond motifs is 1. The Morgan fingerprint density at radius 1 is 1.00 bits per heavy atom. The number of nitrogens with one attached hydrogen (secondary N) is 1. The smallest absolute Gasteiger partial charge is 0.234 e. The van der Waals surface area contributed by atoms with E-state index >= 15 is 0 Å². The average Bonchev–Trinajstić information content (AvgIpc) is 2.55. The first kappa shape index (κ1) is 15.5. The predicted octanol–water partition coefficient (Wildman–Crippen LogP) is 4.85. The van der Waals surface area contributed by atoms with Gasteiger partial charge in [-0.3, -0.25) is 4.79 Å². The lowest BCUT2D eigenvalue weighted by atomic mass is 10.1. The second-order valence-electron chi connectivity index (χ2n) is 4.94. The van der Waals surface area contributed by atoms with Crippen LogP contribution in [0.3, 0.4) is 0 Å². The van der Waals surface area contributed by atoms with E-state index in [1.165, 1.54) is 17.8 Å². The number of carbonyl (C=O) groups is 1. The normalized spacial score (nSPS) is 10.7. The van der Waals surface area contributed by atoms with Crippen molar-refractivity contribution in [3.8, 4) is 0 Å². The lowest BCUT2D eigenvalue weighted by Gasteiger charge is -2.08. The Morgan fingerprint density at radius 2 is 1.78 bits per heavy atom. The maximum absolute atomic E-state index is 13.5. The summed E-state index contributed by atoms with van der Waals surface area (Å²) in [4.78, 5) is 13.0. The van der Waals surface area contributed by atoms with E-state index in [0.717, 1.165) is 27.8 Å². The number of benzene rings is 3. The van der Waals surface area contributed by atoms with Gasteiger partial charge in [-0.15, -0.1) is 11.8 Å². The molecule has 3 rings (SSSR count). The van der Waals surface area contributed by atoms with Gasteiger partial charge in [0.1, 0.15) is 11.6 Å². The molecule has 0 aliphatic carbocycles. The minimum Gasteiger partial charge on any atom is -0.323 e. The van der Waals surface area contributed by atoms with Crippen molar-refractivity contribution in [2.75, 3.05) is 11.1 Å². The van der Waals surface area contributed by atoms with E-state index in [2.05, 4.69) is 5.32 Å². The van der Waals surface area contributed by atoms with E-state index in [4.69, 9.17) is 0 Å². The zero-order valence-electron chi connectivity index (χ0n) is 12.1. The fourth-order valence-corrected chi connectivity index (χ4v) is 3.12. The van der Waals surface area contributed by atoms with Crippen molar-refractivity contribution in [3.05, 3.63) is 72.3 Å². The molecule has 116 valence electrons. The van der Waals surface area contributed by atoms with Gasteiger partial charge in [0, 0.05) is 11.0 Å². The molecular formula is C18H13F2NOS. The molecule has 0 aliphatic heterocycles. The second-order valence-corrected chi connectivity index (χ2v) is 5.96. The van der Waals surface area contributed by atoms with Crippen LogP contribution in [0.1, 0.15) is 0 Å². The molecule has 5 heteroatoms. The third-order valence-electron chi connectivity index (χ3n) is 3.31. The number of amides is 1. The Morgan fingerprint density at radius 3 is 2.61 bits per heavy atom. The molecule has 1 N–H and O–H groups in total. The minimum atomic E-state index is -0.784. The minimum absolute atomic E-state index is 0.0186. The number of rotatable bonds is 4. The van der Waals surface area contributed by atoms with Gasteiger partial charge in [0.05, 0.1) is 11.4 Å². The van der Waals surface area contributed by atoms with Crippen LogP contribution in [0.2, 0.25) is 0 Å². The van der Waals surface area contributed by atoms with Crippen LogP contribution in [0.25, 0.3) is 10.8 Å². The molecular weight excluding hydrogens is 316 g/mol. The molecule has 0 heterocycles. The SMILES string of the molecule is O=C(CSc1cccc2ccccc12)Nc1ccc(F)cc1F. The Balaban J connectivity index is 1.69. The van der Waals surface area contributed by atoms with Crippen LogP contribution in [0.15, 0.2) is 65.6 Å². The van der Waals surface area contributed by atoms with Crippen molar-refractivity contribution in [2.45, 2.75) is 4.90 Å². The van der Waals surface area contributed by atoms with Crippen LogP contribution in [0, 0.1) is 11.6 Å². The van der Waals surface area contributed by atoms with E-state index in [1.54, 1.807) is 0 Å². The molecule has 23 heavy (non-hydrogen) atoms. The summed E-state index contributed by atoms with van der Waals surface area (Å²) < 4.78 is 26.4. The Labute approximate surface area is 136 Å². The molecule has 0 spiro atoms. The van der Waals surface area contributed by atoms with Crippen molar-refractivity contribution < 1.29 is 13.6 Å². The van der Waals surface area contributed by atoms with Crippen LogP contribution in [0.5, 0.6) is 0 Å². The molecule has 0 bridgehead atoms. The number of thioether (sulfide) groups is 1. The molecule has 0 unspecified atom stereocenters. The monoisotopic (exact) mass is 329 g/mol. The highest BCUT2D eigenvalue weighted by Gasteiger charge is 2.09. The summed E-state index contributed by atoms with van der Waals surface area (Å²) in [5.41, 5.74) is -0.0186. The summed E-state index contributed by atoms with van der Waals surface area (Å²) in [6, 6.07) is 16.9. The van der Waals surface area contributed by atoms with Crippen molar-refractivity contribution in [3.63, 3.8) is 0 Å². The van der Waals surface area contributed by atoms with Crippen molar-refractivity contribution >= 4 is 34.1 Å². The van der Waals surface area contributed by atoms with Crippen LogP contribution >= 0.6 is 11.8 Å². The van der Waals surface area contributed by atoms with E-state index in [9.17, 15) is 13.6 Å². The van der Waals surface area contributed by atoms with Gasteiger partial charge in [-0.1, -0.05) is 36.4 Å². The van der Waals surface area contributed by atoms with Gasteiger partial charge < -0.3 is 5.32 Å². The van der Waals surface area contributed by atoms with Gasteiger partial charge in [0.2, 0.25) is 5.91 Å². The quantitative estimate of drug-likeness (QED) is 0.693.